The van der Waals surface area contributed by atoms with E-state index in [4.69, 9.17) is 10.1 Å². The molecule has 0 aromatic heterocycles. The third kappa shape index (κ3) is 6.19. The highest BCUT2D eigenvalue weighted by molar-refractivity contribution is 5.84. The molecular formula is C22H26F4N4O2. The van der Waals surface area contributed by atoms with Crippen molar-refractivity contribution >= 4 is 11.6 Å². The number of likely N-dealkylation sites (tertiary alicyclic amines) is 1. The van der Waals surface area contributed by atoms with E-state index in [9.17, 15) is 22.4 Å². The fourth-order valence-corrected chi connectivity index (χ4v) is 4.14. The molecule has 2 fully saturated rings. The lowest BCUT2D eigenvalue weighted by Crippen LogP contribution is -2.43. The van der Waals surface area contributed by atoms with Gasteiger partial charge in [0.25, 0.3) is 0 Å². The Balaban J connectivity index is 1.41. The number of nitrogens with one attached hydrogen (secondary N) is 1. The lowest BCUT2D eigenvalue weighted by molar-refractivity contribution is -0.137. The standard InChI is InChI=1S/C22H26F4N4O2/c1-14(29-32-13-15-2-5-17(6-3-15)22(24,25)26)16-4-7-19(8-16)28-11-21(31)30-12-18(23)9-20(30)10-27/h2-3,5-6,16,18-20,28H,4,7-9,11-13H2,1H3/b29-14+/t16-,18-,19+,20-/m0/s1. The number of carbonyl (C=O) groups is 1. The zero-order chi connectivity index (χ0) is 23.3. The molecule has 1 amide bonds. The second-order valence-corrected chi connectivity index (χ2v) is 8.31. The number of hydrogen-bond donors (Lipinski definition) is 1. The van der Waals surface area contributed by atoms with Gasteiger partial charge in [-0.25, -0.2) is 4.39 Å². The molecule has 174 valence electrons. The molecule has 0 bridgehead atoms. The van der Waals surface area contributed by atoms with Crippen LogP contribution in [0, 0.1) is 17.2 Å². The molecule has 0 unspecified atom stereocenters. The number of benzene rings is 1. The fraction of sp³-hybridized carbons (Fsp3) is 0.591. The number of carbonyl (C=O) groups excluding carboxylic acids is 1. The molecule has 1 aromatic rings. The van der Waals surface area contributed by atoms with E-state index in [1.165, 1.54) is 17.0 Å². The maximum absolute atomic E-state index is 13.5. The third-order valence-corrected chi connectivity index (χ3v) is 6.01. The SMILES string of the molecule is C/C(=N\OCc1ccc(C(F)(F)F)cc1)[C@H]1CC[C@@H](NCC(=O)N2C[C@@H](F)C[C@H]2C#N)C1. The van der Waals surface area contributed by atoms with Gasteiger partial charge < -0.3 is 15.1 Å². The highest BCUT2D eigenvalue weighted by Crippen LogP contribution is 2.29. The Morgan fingerprint density at radius 2 is 2.00 bits per heavy atom. The van der Waals surface area contributed by atoms with Gasteiger partial charge in [-0.3, -0.25) is 4.79 Å². The number of hydrogen-bond acceptors (Lipinski definition) is 5. The second-order valence-electron chi connectivity index (χ2n) is 8.31. The summed E-state index contributed by atoms with van der Waals surface area (Å²) in [7, 11) is 0. The quantitative estimate of drug-likeness (QED) is 0.386. The minimum Gasteiger partial charge on any atom is -0.391 e. The second kappa shape index (κ2) is 10.3. The van der Waals surface area contributed by atoms with Crippen LogP contribution in [0.4, 0.5) is 17.6 Å². The molecule has 32 heavy (non-hydrogen) atoms. The molecule has 1 saturated carbocycles. The van der Waals surface area contributed by atoms with Gasteiger partial charge in [0, 0.05) is 18.4 Å². The molecule has 1 saturated heterocycles. The van der Waals surface area contributed by atoms with Crippen molar-refractivity contribution in [2.45, 2.75) is 63.6 Å². The van der Waals surface area contributed by atoms with Crippen molar-refractivity contribution in [3.8, 4) is 6.07 Å². The Kier molecular flexibility index (Phi) is 7.72. The average Bonchev–Trinajstić information content (AvgIpc) is 3.38. The van der Waals surface area contributed by atoms with Gasteiger partial charge in [0.2, 0.25) is 5.91 Å². The van der Waals surface area contributed by atoms with Crippen LogP contribution < -0.4 is 5.32 Å². The Bertz CT molecular complexity index is 866. The van der Waals surface area contributed by atoms with Crippen LogP contribution >= 0.6 is 0 Å². The van der Waals surface area contributed by atoms with Crippen molar-refractivity contribution < 1.29 is 27.2 Å². The highest BCUT2D eigenvalue weighted by Gasteiger charge is 2.36. The van der Waals surface area contributed by atoms with Gasteiger partial charge in [0.05, 0.1) is 30.4 Å². The molecule has 6 nitrogen and oxygen atoms in total. The van der Waals surface area contributed by atoms with Gasteiger partial charge in [-0.2, -0.15) is 18.4 Å². The van der Waals surface area contributed by atoms with Gasteiger partial charge in [0.1, 0.15) is 18.8 Å². The first-order chi connectivity index (χ1) is 15.2. The maximum atomic E-state index is 13.5. The number of amides is 1. The summed E-state index contributed by atoms with van der Waals surface area (Å²) in [5.74, 6) is -0.102. The molecule has 4 atom stereocenters. The van der Waals surface area contributed by atoms with Crippen molar-refractivity contribution in [3.63, 3.8) is 0 Å². The summed E-state index contributed by atoms with van der Waals surface area (Å²) >= 11 is 0. The number of nitrogens with zero attached hydrogens (tertiary/aromatic N) is 3. The van der Waals surface area contributed by atoms with Crippen LogP contribution in [-0.2, 0) is 22.4 Å². The number of oxime groups is 1. The van der Waals surface area contributed by atoms with Crippen LogP contribution in [0.3, 0.4) is 0 Å². The summed E-state index contributed by atoms with van der Waals surface area (Å²) in [6, 6.07) is 6.13. The first kappa shape index (κ1) is 24.0. The molecule has 2 aliphatic rings. The first-order valence-electron chi connectivity index (χ1n) is 10.6. The van der Waals surface area contributed by atoms with E-state index in [2.05, 4.69) is 10.5 Å². The van der Waals surface area contributed by atoms with Gasteiger partial charge >= 0.3 is 6.18 Å². The first-order valence-corrected chi connectivity index (χ1v) is 10.6. The van der Waals surface area contributed by atoms with Crippen molar-refractivity contribution in [2.24, 2.45) is 11.1 Å². The normalized spacial score (nSPS) is 26.2. The highest BCUT2D eigenvalue weighted by atomic mass is 19.4. The van der Waals surface area contributed by atoms with E-state index >= 15 is 0 Å². The Hall–Kier alpha value is -2.67. The minimum atomic E-state index is -4.37. The van der Waals surface area contributed by atoms with Gasteiger partial charge in [0.15, 0.2) is 0 Å². The predicted octanol–water partition coefficient (Wildman–Crippen LogP) is 3.82. The van der Waals surface area contributed by atoms with Crippen LogP contribution in [-0.4, -0.2) is 47.9 Å². The van der Waals surface area contributed by atoms with E-state index in [0.717, 1.165) is 37.1 Å². The molecule has 10 heteroatoms. The van der Waals surface area contributed by atoms with Gasteiger partial charge in [-0.05, 0) is 43.9 Å². The Labute approximate surface area is 184 Å². The van der Waals surface area contributed by atoms with Crippen LogP contribution in [0.5, 0.6) is 0 Å². The predicted molar refractivity (Wildman–Crippen MR) is 109 cm³/mol. The number of nitriles is 1. The molecule has 1 heterocycles. The molecule has 3 rings (SSSR count). The Morgan fingerprint density at radius 3 is 2.66 bits per heavy atom. The van der Waals surface area contributed by atoms with Gasteiger partial charge in [-0.1, -0.05) is 17.3 Å². The number of halogens is 4. The monoisotopic (exact) mass is 454 g/mol. The topological polar surface area (TPSA) is 77.7 Å². The largest absolute Gasteiger partial charge is 0.416 e. The number of alkyl halides is 4. The van der Waals surface area contributed by atoms with E-state index < -0.39 is 24.0 Å². The van der Waals surface area contributed by atoms with Crippen molar-refractivity contribution in [2.75, 3.05) is 13.1 Å². The van der Waals surface area contributed by atoms with Crippen molar-refractivity contribution in [3.05, 3.63) is 35.4 Å². The summed E-state index contributed by atoms with van der Waals surface area (Å²) < 4.78 is 51.3. The third-order valence-electron chi connectivity index (χ3n) is 6.01. The molecule has 1 N–H and O–H groups in total. The zero-order valence-electron chi connectivity index (χ0n) is 17.7. The molecule has 1 aliphatic carbocycles. The molecule has 0 radical (unpaired) electrons. The minimum absolute atomic E-state index is 0.0337. The van der Waals surface area contributed by atoms with Crippen LogP contribution in [0.1, 0.15) is 43.7 Å². The summed E-state index contributed by atoms with van der Waals surface area (Å²) in [5.41, 5.74) is 0.672. The summed E-state index contributed by atoms with van der Waals surface area (Å²) in [6.07, 6.45) is -2.98. The molecule has 0 spiro atoms. The molecule has 1 aliphatic heterocycles. The lowest BCUT2D eigenvalue weighted by Gasteiger charge is -2.21. The van der Waals surface area contributed by atoms with Gasteiger partial charge in [-0.15, -0.1) is 0 Å². The average molecular weight is 454 g/mol. The fourth-order valence-electron chi connectivity index (χ4n) is 4.14. The van der Waals surface area contributed by atoms with E-state index in [0.29, 0.717) is 5.56 Å². The number of rotatable bonds is 7. The van der Waals surface area contributed by atoms with E-state index in [1.54, 1.807) is 0 Å². The van der Waals surface area contributed by atoms with E-state index in [-0.39, 0.29) is 44.0 Å². The molecular weight excluding hydrogens is 428 g/mol. The summed E-state index contributed by atoms with van der Waals surface area (Å²) in [6.45, 7) is 1.94. The van der Waals surface area contributed by atoms with Crippen LogP contribution in [0.2, 0.25) is 0 Å². The molecule has 1 aromatic carbocycles. The van der Waals surface area contributed by atoms with E-state index in [1.807, 2.05) is 13.0 Å². The summed E-state index contributed by atoms with van der Waals surface area (Å²) in [5, 5.41) is 16.4. The summed E-state index contributed by atoms with van der Waals surface area (Å²) in [4.78, 5) is 18.9. The maximum Gasteiger partial charge on any atom is 0.416 e. The lowest BCUT2D eigenvalue weighted by atomic mass is 10.0. The van der Waals surface area contributed by atoms with Crippen molar-refractivity contribution in [1.29, 1.82) is 5.26 Å². The van der Waals surface area contributed by atoms with Crippen LogP contribution in [0.15, 0.2) is 29.4 Å². The Morgan fingerprint density at radius 1 is 1.28 bits per heavy atom. The smallest absolute Gasteiger partial charge is 0.391 e. The van der Waals surface area contributed by atoms with Crippen LogP contribution in [0.25, 0.3) is 0 Å². The zero-order valence-corrected chi connectivity index (χ0v) is 17.7. The van der Waals surface area contributed by atoms with Crippen molar-refractivity contribution in [1.82, 2.24) is 10.2 Å².